The zero-order valence-corrected chi connectivity index (χ0v) is 10.4. The van der Waals surface area contributed by atoms with E-state index in [0.29, 0.717) is 0 Å². The smallest absolute Gasteiger partial charge is 0.323 e. The molecule has 0 atom stereocenters. The van der Waals surface area contributed by atoms with Gasteiger partial charge in [0.25, 0.3) is 0 Å². The van der Waals surface area contributed by atoms with E-state index in [-0.39, 0.29) is 24.9 Å². The van der Waals surface area contributed by atoms with Crippen LogP contribution in [0.5, 0.6) is 0 Å². The van der Waals surface area contributed by atoms with Crippen LogP contribution in [0.2, 0.25) is 0 Å². The van der Waals surface area contributed by atoms with Crippen molar-refractivity contribution in [2.75, 3.05) is 6.54 Å². The minimum atomic E-state index is -0.945. The summed E-state index contributed by atoms with van der Waals surface area (Å²) in [4.78, 5) is 24.4. The van der Waals surface area contributed by atoms with Gasteiger partial charge in [0.1, 0.15) is 6.54 Å². The largest absolute Gasteiger partial charge is 0.480 e. The number of hydrogen-bond donors (Lipinski definition) is 1. The minimum Gasteiger partial charge on any atom is -0.480 e. The molecule has 4 nitrogen and oxygen atoms in total. The molecule has 0 bridgehead atoms. The molecule has 1 saturated carbocycles. The summed E-state index contributed by atoms with van der Waals surface area (Å²) in [6, 6.07) is 7.89. The molecule has 96 valence electrons. The maximum atomic E-state index is 12.1. The molecule has 4 heteroatoms. The third kappa shape index (κ3) is 3.32. The van der Waals surface area contributed by atoms with Crippen molar-refractivity contribution in [3.05, 3.63) is 35.4 Å². The first-order chi connectivity index (χ1) is 8.56. The summed E-state index contributed by atoms with van der Waals surface area (Å²) >= 11 is 0. The summed E-state index contributed by atoms with van der Waals surface area (Å²) in [5.74, 6) is -1.04. The zero-order chi connectivity index (χ0) is 13.1. The topological polar surface area (TPSA) is 57.6 Å². The second kappa shape index (κ2) is 5.21. The first-order valence-corrected chi connectivity index (χ1v) is 6.13. The standard InChI is InChI=1S/C14H17NO3/c1-10-3-2-4-11(7-10)8-13(16)15(9-14(17)18)12-5-6-12/h2-4,7,12H,5-6,8-9H2,1H3,(H,17,18). The summed E-state index contributed by atoms with van der Waals surface area (Å²) in [6.07, 6.45) is 2.13. The van der Waals surface area contributed by atoms with Gasteiger partial charge >= 0.3 is 5.97 Å². The van der Waals surface area contributed by atoms with Crippen LogP contribution in [0, 0.1) is 6.92 Å². The fourth-order valence-corrected chi connectivity index (χ4v) is 2.05. The van der Waals surface area contributed by atoms with E-state index in [0.717, 1.165) is 24.0 Å². The predicted molar refractivity (Wildman–Crippen MR) is 67.3 cm³/mol. The van der Waals surface area contributed by atoms with Crippen LogP contribution < -0.4 is 0 Å². The molecule has 2 rings (SSSR count). The molecule has 0 spiro atoms. The van der Waals surface area contributed by atoms with Crippen LogP contribution in [0.1, 0.15) is 24.0 Å². The third-order valence-corrected chi connectivity index (χ3v) is 3.05. The molecular formula is C14H17NO3. The van der Waals surface area contributed by atoms with Crippen molar-refractivity contribution in [1.82, 2.24) is 4.90 Å². The number of hydrogen-bond acceptors (Lipinski definition) is 2. The Morgan fingerprint density at radius 3 is 2.67 bits per heavy atom. The van der Waals surface area contributed by atoms with Gasteiger partial charge in [-0.1, -0.05) is 29.8 Å². The second-order valence-electron chi connectivity index (χ2n) is 4.81. The van der Waals surface area contributed by atoms with Crippen molar-refractivity contribution in [3.63, 3.8) is 0 Å². The summed E-state index contributed by atoms with van der Waals surface area (Å²) < 4.78 is 0. The molecule has 1 N–H and O–H groups in total. The van der Waals surface area contributed by atoms with Gasteiger partial charge < -0.3 is 10.0 Å². The van der Waals surface area contributed by atoms with Crippen LogP contribution in [-0.4, -0.2) is 34.5 Å². The van der Waals surface area contributed by atoms with E-state index in [4.69, 9.17) is 5.11 Å². The monoisotopic (exact) mass is 247 g/mol. The lowest BCUT2D eigenvalue weighted by Crippen LogP contribution is -2.38. The highest BCUT2D eigenvalue weighted by Crippen LogP contribution is 2.27. The Hall–Kier alpha value is -1.84. The highest BCUT2D eigenvalue weighted by Gasteiger charge is 2.33. The summed E-state index contributed by atoms with van der Waals surface area (Å²) in [7, 11) is 0. The van der Waals surface area contributed by atoms with Gasteiger partial charge in [-0.3, -0.25) is 9.59 Å². The first-order valence-electron chi connectivity index (χ1n) is 6.13. The molecule has 1 aliphatic rings. The number of carboxylic acid groups (broad SMARTS) is 1. The maximum Gasteiger partial charge on any atom is 0.323 e. The van der Waals surface area contributed by atoms with Gasteiger partial charge in [-0.2, -0.15) is 0 Å². The van der Waals surface area contributed by atoms with Crippen LogP contribution in [0.15, 0.2) is 24.3 Å². The molecule has 0 aromatic heterocycles. The SMILES string of the molecule is Cc1cccc(CC(=O)N(CC(=O)O)C2CC2)c1. The Bertz CT molecular complexity index is 466. The minimum absolute atomic E-state index is 0.0921. The molecule has 1 aromatic rings. The molecule has 0 saturated heterocycles. The number of amides is 1. The molecule has 18 heavy (non-hydrogen) atoms. The van der Waals surface area contributed by atoms with Crippen molar-refractivity contribution in [1.29, 1.82) is 0 Å². The van der Waals surface area contributed by atoms with Crippen molar-refractivity contribution >= 4 is 11.9 Å². The fraction of sp³-hybridized carbons (Fsp3) is 0.429. The molecule has 1 amide bonds. The van der Waals surface area contributed by atoms with Crippen LogP contribution in [0.4, 0.5) is 0 Å². The highest BCUT2D eigenvalue weighted by atomic mass is 16.4. The van der Waals surface area contributed by atoms with E-state index < -0.39 is 5.97 Å². The number of aliphatic carboxylic acids is 1. The van der Waals surface area contributed by atoms with Gasteiger partial charge in [0.05, 0.1) is 6.42 Å². The number of carboxylic acids is 1. The van der Waals surface area contributed by atoms with Gasteiger partial charge in [-0.25, -0.2) is 0 Å². The molecule has 0 radical (unpaired) electrons. The molecule has 1 fully saturated rings. The lowest BCUT2D eigenvalue weighted by molar-refractivity contribution is -0.144. The Morgan fingerprint density at radius 1 is 1.39 bits per heavy atom. The fourth-order valence-electron chi connectivity index (χ4n) is 2.05. The normalized spacial score (nSPS) is 14.3. The number of aryl methyl sites for hydroxylation is 1. The average molecular weight is 247 g/mol. The van der Waals surface area contributed by atoms with Gasteiger partial charge in [-0.15, -0.1) is 0 Å². The average Bonchev–Trinajstić information content (AvgIpc) is 3.09. The highest BCUT2D eigenvalue weighted by molar-refractivity contribution is 5.83. The Labute approximate surface area is 106 Å². The summed E-state index contributed by atoms with van der Waals surface area (Å²) in [5, 5.41) is 8.83. The van der Waals surface area contributed by atoms with E-state index in [1.54, 1.807) is 0 Å². The van der Waals surface area contributed by atoms with E-state index >= 15 is 0 Å². The third-order valence-electron chi connectivity index (χ3n) is 3.05. The van der Waals surface area contributed by atoms with Gasteiger partial charge in [-0.05, 0) is 25.3 Å². The van der Waals surface area contributed by atoms with Crippen molar-refractivity contribution < 1.29 is 14.7 Å². The van der Waals surface area contributed by atoms with Crippen molar-refractivity contribution in [3.8, 4) is 0 Å². The van der Waals surface area contributed by atoms with Gasteiger partial charge in [0.2, 0.25) is 5.91 Å². The number of rotatable bonds is 5. The summed E-state index contributed by atoms with van der Waals surface area (Å²) in [5.41, 5.74) is 2.05. The van der Waals surface area contributed by atoms with Crippen LogP contribution in [0.3, 0.4) is 0 Å². The van der Waals surface area contributed by atoms with Crippen LogP contribution in [0.25, 0.3) is 0 Å². The second-order valence-corrected chi connectivity index (χ2v) is 4.81. The Balaban J connectivity index is 2.02. The number of nitrogens with zero attached hydrogens (tertiary/aromatic N) is 1. The predicted octanol–water partition coefficient (Wildman–Crippen LogP) is 1.61. The van der Waals surface area contributed by atoms with E-state index in [1.165, 1.54) is 4.90 Å². The quantitative estimate of drug-likeness (QED) is 0.860. The van der Waals surface area contributed by atoms with Crippen molar-refractivity contribution in [2.45, 2.75) is 32.2 Å². The number of benzene rings is 1. The van der Waals surface area contributed by atoms with Gasteiger partial charge in [0.15, 0.2) is 0 Å². The van der Waals surface area contributed by atoms with Crippen molar-refractivity contribution in [2.24, 2.45) is 0 Å². The molecule has 0 aliphatic heterocycles. The molecule has 1 aromatic carbocycles. The molecular weight excluding hydrogens is 230 g/mol. The first kappa shape index (κ1) is 12.6. The van der Waals surface area contributed by atoms with E-state index in [1.807, 2.05) is 31.2 Å². The van der Waals surface area contributed by atoms with Gasteiger partial charge in [0, 0.05) is 6.04 Å². The number of carbonyl (C=O) groups excluding carboxylic acids is 1. The van der Waals surface area contributed by atoms with E-state index in [2.05, 4.69) is 0 Å². The number of carbonyl (C=O) groups is 2. The Morgan fingerprint density at radius 2 is 2.11 bits per heavy atom. The molecule has 0 unspecified atom stereocenters. The zero-order valence-electron chi connectivity index (χ0n) is 10.4. The summed E-state index contributed by atoms with van der Waals surface area (Å²) in [6.45, 7) is 1.79. The molecule has 1 aliphatic carbocycles. The maximum absolute atomic E-state index is 12.1. The lowest BCUT2D eigenvalue weighted by Gasteiger charge is -2.20. The van der Waals surface area contributed by atoms with Crippen LogP contribution >= 0.6 is 0 Å². The Kier molecular flexibility index (Phi) is 3.65. The van der Waals surface area contributed by atoms with E-state index in [9.17, 15) is 9.59 Å². The lowest BCUT2D eigenvalue weighted by atomic mass is 10.1. The van der Waals surface area contributed by atoms with Crippen LogP contribution in [-0.2, 0) is 16.0 Å². The molecule has 0 heterocycles.